The van der Waals surface area contributed by atoms with Crippen LogP contribution < -0.4 is 9.21 Å². The predicted octanol–water partition coefficient (Wildman–Crippen LogP) is 4.57. The van der Waals surface area contributed by atoms with E-state index in [2.05, 4.69) is 0 Å². The van der Waals surface area contributed by atoms with Crippen LogP contribution in [0.5, 0.6) is 0 Å². The zero-order valence-corrected chi connectivity index (χ0v) is 19.7. The summed E-state index contributed by atoms with van der Waals surface area (Å²) in [6.45, 7) is 4.19. The Balaban J connectivity index is 1.78. The highest BCUT2D eigenvalue weighted by Gasteiger charge is 2.44. The maximum absolute atomic E-state index is 13.6. The van der Waals surface area contributed by atoms with E-state index in [-0.39, 0.29) is 34.8 Å². The minimum Gasteiger partial charge on any atom is -0.338 e. The van der Waals surface area contributed by atoms with Crippen LogP contribution in [0.25, 0.3) is 0 Å². The van der Waals surface area contributed by atoms with Gasteiger partial charge < -0.3 is 4.90 Å². The van der Waals surface area contributed by atoms with Crippen molar-refractivity contribution in [3.63, 3.8) is 0 Å². The number of hydrogen-bond donors (Lipinski definition) is 0. The summed E-state index contributed by atoms with van der Waals surface area (Å²) >= 11 is 6.12. The number of carbonyl (C=O) groups excluding carboxylic acids is 2. The van der Waals surface area contributed by atoms with Crippen LogP contribution in [0.3, 0.4) is 0 Å². The Morgan fingerprint density at radius 1 is 1.12 bits per heavy atom. The molecule has 0 saturated carbocycles. The summed E-state index contributed by atoms with van der Waals surface area (Å²) in [4.78, 5) is 29.9. The minimum atomic E-state index is -4.17. The molecule has 0 aromatic heterocycles. The van der Waals surface area contributed by atoms with Gasteiger partial charge in [0.05, 0.1) is 11.4 Å². The molecule has 0 radical (unpaired) electrons. The number of sulfonamides is 1. The average molecular weight is 476 g/mol. The van der Waals surface area contributed by atoms with Crippen LogP contribution in [0.4, 0.5) is 16.2 Å². The number of carbonyl (C=O) groups is 2. The van der Waals surface area contributed by atoms with Gasteiger partial charge in [-0.1, -0.05) is 36.7 Å². The maximum Gasteiger partial charge on any atom is 0.343 e. The minimum absolute atomic E-state index is 0.0162. The van der Waals surface area contributed by atoms with E-state index in [0.29, 0.717) is 17.1 Å². The molecular formula is C23H26ClN3O4S. The van der Waals surface area contributed by atoms with Gasteiger partial charge in [0.2, 0.25) is 5.91 Å². The molecular weight excluding hydrogens is 450 g/mol. The Bertz CT molecular complexity index is 1170. The number of piperidine rings is 1. The summed E-state index contributed by atoms with van der Waals surface area (Å²) < 4.78 is 27.7. The van der Waals surface area contributed by atoms with Crippen LogP contribution >= 0.6 is 11.6 Å². The van der Waals surface area contributed by atoms with E-state index in [4.69, 9.17) is 11.6 Å². The topological polar surface area (TPSA) is 78.0 Å². The fraction of sp³-hybridized carbons (Fsp3) is 0.391. The first-order valence-electron chi connectivity index (χ1n) is 10.8. The molecule has 170 valence electrons. The zero-order valence-electron chi connectivity index (χ0n) is 18.1. The molecule has 0 aliphatic carbocycles. The van der Waals surface area contributed by atoms with Gasteiger partial charge in [-0.15, -0.1) is 0 Å². The molecule has 0 spiro atoms. The molecule has 2 aliphatic heterocycles. The molecule has 1 fully saturated rings. The summed E-state index contributed by atoms with van der Waals surface area (Å²) in [6.07, 6.45) is 3.79. The standard InChI is InChI=1S/C23H26ClN3O4S/c1-3-18-8-6-7-13-25(18)22(28)15-26-19-9-4-5-10-21(19)32(30,31)27(23(26)29)20-14-17(24)12-11-16(20)2/h4-5,9-12,14,18H,3,6-8,13,15H2,1-2H3. The number of rotatable bonds is 4. The number of para-hydroxylation sites is 1. The van der Waals surface area contributed by atoms with Crippen molar-refractivity contribution in [1.82, 2.24) is 4.90 Å². The summed E-state index contributed by atoms with van der Waals surface area (Å²) in [5.74, 6) is -0.179. The third-order valence-corrected chi connectivity index (χ3v) is 8.15. The third-order valence-electron chi connectivity index (χ3n) is 6.18. The number of halogens is 1. The highest BCUT2D eigenvalue weighted by Crippen LogP contribution is 2.39. The second-order valence-electron chi connectivity index (χ2n) is 8.18. The van der Waals surface area contributed by atoms with Gasteiger partial charge >= 0.3 is 6.03 Å². The van der Waals surface area contributed by atoms with Crippen LogP contribution in [-0.2, 0) is 14.8 Å². The van der Waals surface area contributed by atoms with Crippen molar-refractivity contribution in [3.8, 4) is 0 Å². The summed E-state index contributed by atoms with van der Waals surface area (Å²) in [6, 6.07) is 10.4. The van der Waals surface area contributed by atoms with Gasteiger partial charge in [0.15, 0.2) is 0 Å². The molecule has 3 amide bonds. The van der Waals surface area contributed by atoms with Crippen molar-refractivity contribution in [1.29, 1.82) is 0 Å². The Labute approximate surface area is 193 Å². The second kappa shape index (κ2) is 8.75. The number of hydrogen-bond acceptors (Lipinski definition) is 4. The normalized spacial score (nSPS) is 20.3. The fourth-order valence-corrected chi connectivity index (χ4v) is 6.29. The highest BCUT2D eigenvalue weighted by atomic mass is 35.5. The monoisotopic (exact) mass is 475 g/mol. The SMILES string of the molecule is CCC1CCCCN1C(=O)CN1C(=O)N(c2cc(Cl)ccc2C)S(=O)(=O)c2ccccc21. The zero-order chi connectivity index (χ0) is 23.0. The molecule has 2 aliphatic rings. The van der Waals surface area contributed by atoms with Gasteiger partial charge in [0.25, 0.3) is 10.0 Å². The predicted molar refractivity (Wildman–Crippen MR) is 125 cm³/mol. The van der Waals surface area contributed by atoms with Crippen LogP contribution in [0, 0.1) is 6.92 Å². The molecule has 4 rings (SSSR count). The molecule has 2 heterocycles. The first kappa shape index (κ1) is 22.6. The van der Waals surface area contributed by atoms with E-state index in [1.165, 1.54) is 17.0 Å². The molecule has 32 heavy (non-hydrogen) atoms. The highest BCUT2D eigenvalue weighted by molar-refractivity contribution is 7.94. The van der Waals surface area contributed by atoms with Crippen molar-refractivity contribution in [2.45, 2.75) is 50.5 Å². The Morgan fingerprint density at radius 3 is 2.62 bits per heavy atom. The van der Waals surface area contributed by atoms with Gasteiger partial charge in [0, 0.05) is 17.6 Å². The van der Waals surface area contributed by atoms with Crippen LogP contribution in [-0.4, -0.2) is 44.4 Å². The lowest BCUT2D eigenvalue weighted by Gasteiger charge is -2.39. The Kier molecular flexibility index (Phi) is 6.18. The number of likely N-dealkylation sites (tertiary alicyclic amines) is 1. The lowest BCUT2D eigenvalue weighted by Crippen LogP contribution is -2.55. The molecule has 0 N–H and O–H groups in total. The molecule has 1 unspecified atom stereocenters. The lowest BCUT2D eigenvalue weighted by atomic mass is 10.00. The van der Waals surface area contributed by atoms with Gasteiger partial charge in [-0.2, -0.15) is 4.31 Å². The van der Waals surface area contributed by atoms with Crippen LogP contribution in [0.1, 0.15) is 38.2 Å². The smallest absolute Gasteiger partial charge is 0.338 e. The van der Waals surface area contributed by atoms with Crippen molar-refractivity contribution in [2.24, 2.45) is 0 Å². The van der Waals surface area contributed by atoms with E-state index in [1.54, 1.807) is 37.3 Å². The number of benzene rings is 2. The number of fused-ring (bicyclic) bond motifs is 1. The Morgan fingerprint density at radius 2 is 1.88 bits per heavy atom. The van der Waals surface area contributed by atoms with Crippen LogP contribution in [0.2, 0.25) is 5.02 Å². The van der Waals surface area contributed by atoms with Crippen LogP contribution in [0.15, 0.2) is 47.4 Å². The second-order valence-corrected chi connectivity index (χ2v) is 10.4. The van der Waals surface area contributed by atoms with Gasteiger partial charge in [-0.05, 0) is 62.4 Å². The first-order chi connectivity index (χ1) is 15.3. The molecule has 7 nitrogen and oxygen atoms in total. The number of aryl methyl sites for hydroxylation is 1. The van der Waals surface area contributed by atoms with Crippen molar-refractivity contribution >= 4 is 44.9 Å². The average Bonchev–Trinajstić information content (AvgIpc) is 2.78. The van der Waals surface area contributed by atoms with E-state index in [1.807, 2.05) is 11.8 Å². The van der Waals surface area contributed by atoms with E-state index < -0.39 is 16.1 Å². The molecule has 2 aromatic rings. The number of urea groups is 1. The number of nitrogens with zero attached hydrogens (tertiary/aromatic N) is 3. The molecule has 9 heteroatoms. The van der Waals surface area contributed by atoms with Gasteiger partial charge in [-0.3, -0.25) is 9.69 Å². The van der Waals surface area contributed by atoms with E-state index >= 15 is 0 Å². The van der Waals surface area contributed by atoms with Gasteiger partial charge in [0.1, 0.15) is 11.4 Å². The quantitative estimate of drug-likeness (QED) is 0.648. The van der Waals surface area contributed by atoms with E-state index in [9.17, 15) is 18.0 Å². The van der Waals surface area contributed by atoms with E-state index in [0.717, 1.165) is 30.0 Å². The first-order valence-corrected chi connectivity index (χ1v) is 12.6. The largest absolute Gasteiger partial charge is 0.343 e. The summed E-state index contributed by atoms with van der Waals surface area (Å²) in [5, 5.41) is 0.314. The fourth-order valence-electron chi connectivity index (χ4n) is 4.48. The van der Waals surface area contributed by atoms with Crippen molar-refractivity contribution in [2.75, 3.05) is 22.3 Å². The van der Waals surface area contributed by atoms with Gasteiger partial charge in [-0.25, -0.2) is 13.2 Å². The molecule has 1 atom stereocenters. The Hall–Kier alpha value is -2.58. The summed E-state index contributed by atoms with van der Waals surface area (Å²) in [7, 11) is -4.17. The lowest BCUT2D eigenvalue weighted by molar-refractivity contribution is -0.133. The molecule has 1 saturated heterocycles. The maximum atomic E-state index is 13.6. The van der Waals surface area contributed by atoms with Crippen molar-refractivity contribution < 1.29 is 18.0 Å². The third kappa shape index (κ3) is 3.86. The molecule has 0 bridgehead atoms. The number of anilines is 2. The molecule has 2 aromatic carbocycles. The van der Waals surface area contributed by atoms with Crippen molar-refractivity contribution in [3.05, 3.63) is 53.1 Å². The summed E-state index contributed by atoms with van der Waals surface area (Å²) in [5.41, 5.74) is 0.977. The number of amides is 3.